The number of hydrogen-bond acceptors (Lipinski definition) is 2. The van der Waals surface area contributed by atoms with E-state index in [1.54, 1.807) is 19.9 Å². The Morgan fingerprint density at radius 2 is 2.04 bits per heavy atom. The molecule has 1 heterocycles. The molecule has 5 heteroatoms. The number of nitrogens with one attached hydrogen (secondary N) is 3. The van der Waals surface area contributed by atoms with Crippen LogP contribution in [-0.2, 0) is 17.6 Å². The molecule has 1 aromatic carbocycles. The number of benzene rings is 1. The first-order valence-corrected chi connectivity index (χ1v) is 8.19. The normalized spacial score (nSPS) is 17.1. The lowest BCUT2D eigenvalue weighted by Crippen LogP contribution is -2.43. The molecular formula is C18H23N3O2. The molecule has 23 heavy (non-hydrogen) atoms. The number of hydrazine groups is 1. The Labute approximate surface area is 135 Å². The molecule has 2 aromatic rings. The Bertz CT molecular complexity index is 761. The van der Waals surface area contributed by atoms with Crippen LogP contribution in [0.1, 0.15) is 48.8 Å². The third-order valence-corrected chi connectivity index (χ3v) is 4.52. The second kappa shape index (κ2) is 6.07. The van der Waals surface area contributed by atoms with Crippen LogP contribution in [0.4, 0.5) is 0 Å². The molecule has 0 spiro atoms. The first-order chi connectivity index (χ1) is 11.0. The Morgan fingerprint density at radius 3 is 2.78 bits per heavy atom. The Balaban J connectivity index is 1.83. The molecular weight excluding hydrogens is 290 g/mol. The van der Waals surface area contributed by atoms with Gasteiger partial charge in [-0.3, -0.25) is 20.4 Å². The van der Waals surface area contributed by atoms with Crippen molar-refractivity contribution >= 4 is 22.7 Å². The van der Waals surface area contributed by atoms with E-state index in [0.717, 1.165) is 23.7 Å². The van der Waals surface area contributed by atoms with Crippen LogP contribution in [0.5, 0.6) is 0 Å². The summed E-state index contributed by atoms with van der Waals surface area (Å²) in [5.74, 6) is 0.00672. The summed E-state index contributed by atoms with van der Waals surface area (Å²) in [4.78, 5) is 27.2. The Hall–Kier alpha value is -2.30. The first kappa shape index (κ1) is 15.6. The minimum absolute atomic E-state index is 0.170. The summed E-state index contributed by atoms with van der Waals surface area (Å²) in [5.41, 5.74) is 9.18. The summed E-state index contributed by atoms with van der Waals surface area (Å²) in [6, 6.07) is 5.64. The number of hydrogen-bond donors (Lipinski definition) is 3. The molecule has 0 saturated carbocycles. The van der Waals surface area contributed by atoms with Crippen molar-refractivity contribution < 1.29 is 9.59 Å². The van der Waals surface area contributed by atoms with Crippen molar-refractivity contribution in [3.63, 3.8) is 0 Å². The second-order valence-corrected chi connectivity index (χ2v) is 6.79. The smallest absolute Gasteiger partial charge is 0.269 e. The number of fused-ring (bicyclic) bond motifs is 3. The Morgan fingerprint density at radius 1 is 1.26 bits per heavy atom. The number of carbonyl (C=O) groups excluding carboxylic acids is 2. The number of H-pyrrole nitrogens is 1. The van der Waals surface area contributed by atoms with Gasteiger partial charge in [-0.15, -0.1) is 0 Å². The van der Waals surface area contributed by atoms with Gasteiger partial charge in [0.1, 0.15) is 0 Å². The number of aromatic nitrogens is 1. The van der Waals surface area contributed by atoms with Crippen molar-refractivity contribution in [3.05, 3.63) is 35.0 Å². The summed E-state index contributed by atoms with van der Waals surface area (Å²) in [6.45, 7) is 5.82. The maximum atomic E-state index is 12.2. The lowest BCUT2D eigenvalue weighted by molar-refractivity contribution is -0.124. The van der Waals surface area contributed by atoms with E-state index in [-0.39, 0.29) is 17.7 Å². The highest BCUT2D eigenvalue weighted by Gasteiger charge is 2.20. The van der Waals surface area contributed by atoms with Crippen LogP contribution in [0.3, 0.4) is 0 Å². The highest BCUT2D eigenvalue weighted by Crippen LogP contribution is 2.32. The fourth-order valence-corrected chi connectivity index (χ4v) is 3.07. The van der Waals surface area contributed by atoms with Crippen LogP contribution in [-0.4, -0.2) is 16.8 Å². The molecule has 0 unspecified atom stereocenters. The zero-order valence-corrected chi connectivity index (χ0v) is 13.8. The highest BCUT2D eigenvalue weighted by molar-refractivity contribution is 5.99. The number of rotatable bonds is 2. The zero-order valence-electron chi connectivity index (χ0n) is 13.8. The Kier molecular flexibility index (Phi) is 4.11. The minimum Gasteiger partial charge on any atom is -0.358 e. The van der Waals surface area contributed by atoms with Crippen LogP contribution in [0, 0.1) is 11.8 Å². The van der Waals surface area contributed by atoms with Gasteiger partial charge in [-0.2, -0.15) is 0 Å². The molecule has 0 fully saturated rings. The van der Waals surface area contributed by atoms with Crippen molar-refractivity contribution in [1.82, 2.24) is 15.8 Å². The minimum atomic E-state index is -0.292. The van der Waals surface area contributed by atoms with E-state index >= 15 is 0 Å². The van der Waals surface area contributed by atoms with Crippen LogP contribution in [0.25, 0.3) is 10.9 Å². The number of aryl methyl sites for hydroxylation is 1. The number of carbonyl (C=O) groups is 2. The van der Waals surface area contributed by atoms with E-state index in [9.17, 15) is 9.59 Å². The number of amides is 2. The lowest BCUT2D eigenvalue weighted by atomic mass is 9.87. The van der Waals surface area contributed by atoms with Gasteiger partial charge >= 0.3 is 0 Å². The predicted octanol–water partition coefficient (Wildman–Crippen LogP) is 2.71. The van der Waals surface area contributed by atoms with Crippen molar-refractivity contribution in [1.29, 1.82) is 0 Å². The molecule has 1 aromatic heterocycles. The summed E-state index contributed by atoms with van der Waals surface area (Å²) < 4.78 is 0. The third-order valence-electron chi connectivity index (χ3n) is 4.52. The highest BCUT2D eigenvalue weighted by atomic mass is 16.2. The summed E-state index contributed by atoms with van der Waals surface area (Å²) in [6.07, 6.45) is 3.32. The molecule has 122 valence electrons. The average Bonchev–Trinajstić information content (AvgIpc) is 2.89. The molecule has 3 N–H and O–H groups in total. The molecule has 1 atom stereocenters. The standard InChI is InChI=1S/C18H23N3O2/c1-10(2)17(22)20-21-18(23)12-5-7-16-14(9-12)13-8-11(3)4-6-15(13)19-16/h5,7,9-11,19H,4,6,8H2,1-3H3,(H,20,22)(H,21,23)/t11-/m0/s1. The fraction of sp³-hybridized carbons (Fsp3) is 0.444. The van der Waals surface area contributed by atoms with E-state index in [2.05, 4.69) is 22.8 Å². The van der Waals surface area contributed by atoms with Crippen LogP contribution < -0.4 is 10.9 Å². The predicted molar refractivity (Wildman–Crippen MR) is 89.9 cm³/mol. The summed E-state index contributed by atoms with van der Waals surface area (Å²) in [5, 5.41) is 1.12. The molecule has 0 radical (unpaired) electrons. The maximum Gasteiger partial charge on any atom is 0.269 e. The summed E-state index contributed by atoms with van der Waals surface area (Å²) in [7, 11) is 0. The average molecular weight is 313 g/mol. The lowest BCUT2D eigenvalue weighted by Gasteiger charge is -2.18. The van der Waals surface area contributed by atoms with Crippen molar-refractivity contribution in [2.45, 2.75) is 40.0 Å². The van der Waals surface area contributed by atoms with Gasteiger partial charge in [0.25, 0.3) is 5.91 Å². The van der Waals surface area contributed by atoms with E-state index in [1.807, 2.05) is 12.1 Å². The molecule has 0 aliphatic heterocycles. The van der Waals surface area contributed by atoms with Gasteiger partial charge in [0, 0.05) is 28.1 Å². The van der Waals surface area contributed by atoms with E-state index in [0.29, 0.717) is 11.5 Å². The van der Waals surface area contributed by atoms with Gasteiger partial charge in [0.2, 0.25) is 5.91 Å². The topological polar surface area (TPSA) is 74.0 Å². The number of aromatic amines is 1. The summed E-state index contributed by atoms with van der Waals surface area (Å²) >= 11 is 0. The van der Waals surface area contributed by atoms with Gasteiger partial charge in [-0.05, 0) is 48.9 Å². The quantitative estimate of drug-likeness (QED) is 0.746. The molecule has 1 aliphatic carbocycles. The third kappa shape index (κ3) is 3.09. The molecule has 2 amide bonds. The van der Waals surface area contributed by atoms with Gasteiger partial charge in [0.05, 0.1) is 0 Å². The van der Waals surface area contributed by atoms with E-state index in [1.165, 1.54) is 17.7 Å². The molecule has 0 saturated heterocycles. The van der Waals surface area contributed by atoms with Crippen LogP contribution in [0.15, 0.2) is 18.2 Å². The van der Waals surface area contributed by atoms with Crippen LogP contribution in [0.2, 0.25) is 0 Å². The maximum absolute atomic E-state index is 12.2. The van der Waals surface area contributed by atoms with Gasteiger partial charge < -0.3 is 4.98 Å². The zero-order chi connectivity index (χ0) is 16.6. The first-order valence-electron chi connectivity index (χ1n) is 8.19. The monoisotopic (exact) mass is 313 g/mol. The molecule has 5 nitrogen and oxygen atoms in total. The second-order valence-electron chi connectivity index (χ2n) is 6.79. The fourth-order valence-electron chi connectivity index (χ4n) is 3.07. The van der Waals surface area contributed by atoms with E-state index in [4.69, 9.17) is 0 Å². The van der Waals surface area contributed by atoms with Gasteiger partial charge in [0.15, 0.2) is 0 Å². The van der Waals surface area contributed by atoms with Crippen molar-refractivity contribution in [3.8, 4) is 0 Å². The largest absolute Gasteiger partial charge is 0.358 e. The molecule has 3 rings (SSSR count). The SMILES string of the molecule is CC(C)C(=O)NNC(=O)c1ccc2[nH]c3c(c2c1)C[C@@H](C)CC3. The van der Waals surface area contributed by atoms with Gasteiger partial charge in [-0.1, -0.05) is 20.8 Å². The van der Waals surface area contributed by atoms with Crippen LogP contribution >= 0.6 is 0 Å². The van der Waals surface area contributed by atoms with Gasteiger partial charge in [-0.25, -0.2) is 0 Å². The van der Waals surface area contributed by atoms with E-state index < -0.39 is 0 Å². The van der Waals surface area contributed by atoms with Crippen molar-refractivity contribution in [2.24, 2.45) is 11.8 Å². The molecule has 1 aliphatic rings. The molecule has 0 bridgehead atoms. The van der Waals surface area contributed by atoms with Crippen molar-refractivity contribution in [2.75, 3.05) is 0 Å².